The molecule has 9 nitrogen and oxygen atoms in total. The molecule has 10 heteroatoms. The molecule has 0 aliphatic heterocycles. The normalized spacial score (nSPS) is 12.5. The topological polar surface area (TPSA) is 134 Å². The van der Waals surface area contributed by atoms with Gasteiger partial charge in [-0.2, -0.15) is 8.42 Å². The Bertz CT molecular complexity index is 1030. The SMILES string of the molecule is CC(C)(C)OC(=O)NC(Cc1ccc(NS(=O)(=O)O)cc1)C(=O)NCCCCc1ccccc1. The zero-order valence-corrected chi connectivity index (χ0v) is 20.5. The molecule has 0 saturated carbocycles. The second kappa shape index (κ2) is 12.4. The van der Waals surface area contributed by atoms with Crippen LogP contribution < -0.4 is 15.4 Å². The van der Waals surface area contributed by atoms with E-state index >= 15 is 0 Å². The Hall–Kier alpha value is -3.11. The summed E-state index contributed by atoms with van der Waals surface area (Å²) in [6.07, 6.45) is 2.08. The number of alkyl carbamates (subject to hydrolysis) is 1. The maximum atomic E-state index is 12.8. The third kappa shape index (κ3) is 11.2. The van der Waals surface area contributed by atoms with Gasteiger partial charge in [-0.05, 0) is 63.3 Å². The fourth-order valence-electron chi connectivity index (χ4n) is 3.19. The molecule has 0 bridgehead atoms. The fourth-order valence-corrected chi connectivity index (χ4v) is 3.62. The molecule has 4 N–H and O–H groups in total. The average Bonchev–Trinajstić information content (AvgIpc) is 2.72. The van der Waals surface area contributed by atoms with Crippen LogP contribution in [0.2, 0.25) is 0 Å². The van der Waals surface area contributed by atoms with Crippen molar-refractivity contribution in [1.82, 2.24) is 10.6 Å². The van der Waals surface area contributed by atoms with Crippen molar-refractivity contribution in [1.29, 1.82) is 0 Å². The summed E-state index contributed by atoms with van der Waals surface area (Å²) in [7, 11) is -4.38. The van der Waals surface area contributed by atoms with E-state index in [0.29, 0.717) is 12.1 Å². The van der Waals surface area contributed by atoms with E-state index in [4.69, 9.17) is 9.29 Å². The molecule has 0 aromatic heterocycles. The summed E-state index contributed by atoms with van der Waals surface area (Å²) < 4.78 is 38.0. The van der Waals surface area contributed by atoms with Crippen LogP contribution in [0.5, 0.6) is 0 Å². The van der Waals surface area contributed by atoms with Gasteiger partial charge in [-0.1, -0.05) is 42.5 Å². The number of amides is 2. The van der Waals surface area contributed by atoms with E-state index in [1.807, 2.05) is 22.9 Å². The lowest BCUT2D eigenvalue weighted by atomic mass is 10.0. The third-order valence-electron chi connectivity index (χ3n) is 4.68. The zero-order chi connectivity index (χ0) is 25.2. The van der Waals surface area contributed by atoms with Crippen molar-refractivity contribution in [2.45, 2.75) is 58.1 Å². The smallest absolute Gasteiger partial charge is 0.408 e. The van der Waals surface area contributed by atoms with Gasteiger partial charge in [0.05, 0.1) is 5.69 Å². The predicted molar refractivity (Wildman–Crippen MR) is 131 cm³/mol. The summed E-state index contributed by atoms with van der Waals surface area (Å²) in [4.78, 5) is 25.1. The number of carbonyl (C=O) groups is 2. The first-order chi connectivity index (χ1) is 15.9. The van der Waals surface area contributed by atoms with E-state index in [1.165, 1.54) is 17.7 Å². The monoisotopic (exact) mass is 491 g/mol. The minimum Gasteiger partial charge on any atom is -0.444 e. The lowest BCUT2D eigenvalue weighted by Crippen LogP contribution is -2.49. The van der Waals surface area contributed by atoms with Gasteiger partial charge in [0.25, 0.3) is 0 Å². The highest BCUT2D eigenvalue weighted by Gasteiger charge is 2.24. The van der Waals surface area contributed by atoms with Gasteiger partial charge >= 0.3 is 16.4 Å². The number of hydrogen-bond donors (Lipinski definition) is 4. The van der Waals surface area contributed by atoms with E-state index in [-0.39, 0.29) is 18.0 Å². The van der Waals surface area contributed by atoms with E-state index in [2.05, 4.69) is 22.8 Å². The number of ether oxygens (including phenoxy) is 1. The lowest BCUT2D eigenvalue weighted by molar-refractivity contribution is -0.123. The van der Waals surface area contributed by atoms with Crippen molar-refractivity contribution in [3.63, 3.8) is 0 Å². The number of unbranched alkanes of at least 4 members (excludes halogenated alkanes) is 1. The van der Waals surface area contributed by atoms with E-state index in [9.17, 15) is 18.0 Å². The first kappa shape index (κ1) is 27.1. The van der Waals surface area contributed by atoms with Crippen LogP contribution in [0, 0.1) is 0 Å². The number of carbonyl (C=O) groups excluding carboxylic acids is 2. The molecule has 2 aromatic carbocycles. The number of hydrogen-bond acceptors (Lipinski definition) is 5. The van der Waals surface area contributed by atoms with Crippen molar-refractivity contribution in [2.75, 3.05) is 11.3 Å². The molecule has 0 aliphatic carbocycles. The van der Waals surface area contributed by atoms with Crippen LogP contribution >= 0.6 is 0 Å². The summed E-state index contributed by atoms with van der Waals surface area (Å²) in [5.74, 6) is -0.342. The van der Waals surface area contributed by atoms with E-state index in [1.54, 1.807) is 32.9 Å². The molecular formula is C24H33N3O6S. The van der Waals surface area contributed by atoms with Crippen molar-refractivity contribution in [3.8, 4) is 0 Å². The van der Waals surface area contributed by atoms with Crippen LogP contribution in [0.15, 0.2) is 54.6 Å². The summed E-state index contributed by atoms with van der Waals surface area (Å²) in [6, 6.07) is 15.3. The zero-order valence-electron chi connectivity index (χ0n) is 19.7. The minimum atomic E-state index is -4.38. The minimum absolute atomic E-state index is 0.168. The number of aryl methyl sites for hydroxylation is 1. The van der Waals surface area contributed by atoms with Gasteiger partial charge < -0.3 is 15.4 Å². The van der Waals surface area contributed by atoms with Gasteiger partial charge in [-0.15, -0.1) is 0 Å². The van der Waals surface area contributed by atoms with Gasteiger partial charge in [-0.3, -0.25) is 14.1 Å². The van der Waals surface area contributed by atoms with Crippen LogP contribution in [0.3, 0.4) is 0 Å². The Balaban J connectivity index is 1.95. The van der Waals surface area contributed by atoms with Crippen LogP contribution in [-0.4, -0.2) is 43.2 Å². The second-order valence-corrected chi connectivity index (χ2v) is 10.1. The molecule has 186 valence electrons. The number of nitrogens with one attached hydrogen (secondary N) is 3. The molecule has 2 aromatic rings. The maximum Gasteiger partial charge on any atom is 0.408 e. The van der Waals surface area contributed by atoms with Crippen molar-refractivity contribution < 1.29 is 27.3 Å². The van der Waals surface area contributed by atoms with Gasteiger partial charge in [0, 0.05) is 13.0 Å². The average molecular weight is 492 g/mol. The highest BCUT2D eigenvalue weighted by atomic mass is 32.2. The Labute approximate surface area is 201 Å². The van der Waals surface area contributed by atoms with Gasteiger partial charge in [-0.25, -0.2) is 4.79 Å². The van der Waals surface area contributed by atoms with Crippen molar-refractivity contribution >= 4 is 28.0 Å². The molecule has 0 radical (unpaired) electrons. The van der Waals surface area contributed by atoms with Crippen molar-refractivity contribution in [2.24, 2.45) is 0 Å². The standard InChI is InChI=1S/C24H33N3O6S/c1-24(2,3)33-23(29)26-21(17-19-12-14-20(15-13-19)27-34(30,31)32)22(28)25-16-8-7-11-18-9-5-4-6-10-18/h4-6,9-10,12-15,21,27H,7-8,11,16-17H2,1-3H3,(H,25,28)(H,26,29)(H,30,31,32). The van der Waals surface area contributed by atoms with E-state index in [0.717, 1.165) is 19.3 Å². The molecule has 0 spiro atoms. The van der Waals surface area contributed by atoms with Crippen LogP contribution in [0.25, 0.3) is 0 Å². The Morgan fingerprint density at radius 1 is 0.971 bits per heavy atom. The molecule has 34 heavy (non-hydrogen) atoms. The quantitative estimate of drug-likeness (QED) is 0.281. The molecule has 0 fully saturated rings. The van der Waals surface area contributed by atoms with Gasteiger partial charge in [0.1, 0.15) is 11.6 Å². The first-order valence-electron chi connectivity index (χ1n) is 11.1. The molecule has 0 saturated heterocycles. The van der Waals surface area contributed by atoms with Gasteiger partial charge in [0.2, 0.25) is 5.91 Å². The lowest BCUT2D eigenvalue weighted by Gasteiger charge is -2.23. The summed E-state index contributed by atoms with van der Waals surface area (Å²) in [5, 5.41) is 5.48. The maximum absolute atomic E-state index is 12.8. The van der Waals surface area contributed by atoms with Crippen LogP contribution in [0.4, 0.5) is 10.5 Å². The summed E-state index contributed by atoms with van der Waals surface area (Å²) >= 11 is 0. The summed E-state index contributed by atoms with van der Waals surface area (Å²) in [5.41, 5.74) is 1.38. The molecule has 2 amide bonds. The Morgan fingerprint density at radius 2 is 1.62 bits per heavy atom. The van der Waals surface area contributed by atoms with Crippen LogP contribution in [0.1, 0.15) is 44.7 Å². The van der Waals surface area contributed by atoms with Crippen molar-refractivity contribution in [3.05, 3.63) is 65.7 Å². The molecule has 1 unspecified atom stereocenters. The fraction of sp³-hybridized carbons (Fsp3) is 0.417. The van der Waals surface area contributed by atoms with Crippen LogP contribution in [-0.2, 0) is 32.7 Å². The molecule has 1 atom stereocenters. The Kier molecular flexibility index (Phi) is 9.88. The largest absolute Gasteiger partial charge is 0.444 e. The Morgan fingerprint density at radius 3 is 2.21 bits per heavy atom. The number of benzene rings is 2. The molecule has 2 rings (SSSR count). The van der Waals surface area contributed by atoms with E-state index < -0.39 is 28.0 Å². The highest BCUT2D eigenvalue weighted by molar-refractivity contribution is 7.87. The third-order valence-corrected chi connectivity index (χ3v) is 5.18. The molecule has 0 aliphatic rings. The second-order valence-electron chi connectivity index (χ2n) is 8.91. The molecule has 0 heterocycles. The predicted octanol–water partition coefficient (Wildman–Crippen LogP) is 3.48. The molecular weight excluding hydrogens is 458 g/mol. The highest BCUT2D eigenvalue weighted by Crippen LogP contribution is 2.13. The number of rotatable bonds is 11. The van der Waals surface area contributed by atoms with Gasteiger partial charge in [0.15, 0.2) is 0 Å². The first-order valence-corrected chi connectivity index (χ1v) is 12.5. The number of anilines is 1. The summed E-state index contributed by atoms with van der Waals surface area (Å²) in [6.45, 7) is 5.66.